The van der Waals surface area contributed by atoms with Gasteiger partial charge >= 0.3 is 0 Å². The summed E-state index contributed by atoms with van der Waals surface area (Å²) in [6.45, 7) is 6.33. The van der Waals surface area contributed by atoms with Gasteiger partial charge in [-0.1, -0.05) is 51.1 Å². The first-order valence-corrected chi connectivity index (χ1v) is 8.14. The number of thioether (sulfide) groups is 1. The SMILES string of the molecule is CC(C)(C)C(Cc1ccccc1)NC(=O)CSCC(N)=O. The van der Waals surface area contributed by atoms with Crippen LogP contribution in [0.1, 0.15) is 26.3 Å². The van der Waals surface area contributed by atoms with Gasteiger partial charge in [-0.3, -0.25) is 9.59 Å². The van der Waals surface area contributed by atoms with E-state index in [0.717, 1.165) is 6.42 Å². The lowest BCUT2D eigenvalue weighted by atomic mass is 9.83. The van der Waals surface area contributed by atoms with Crippen LogP contribution in [0.4, 0.5) is 0 Å². The van der Waals surface area contributed by atoms with Gasteiger partial charge in [0.2, 0.25) is 11.8 Å². The Balaban J connectivity index is 2.58. The first-order chi connectivity index (χ1) is 9.79. The van der Waals surface area contributed by atoms with Crippen LogP contribution in [0.25, 0.3) is 0 Å². The summed E-state index contributed by atoms with van der Waals surface area (Å²) >= 11 is 1.24. The third-order valence-electron chi connectivity index (χ3n) is 3.14. The average molecular weight is 308 g/mol. The lowest BCUT2D eigenvalue weighted by Crippen LogP contribution is -2.46. The van der Waals surface area contributed by atoms with E-state index in [-0.39, 0.29) is 28.9 Å². The van der Waals surface area contributed by atoms with Crippen LogP contribution in [-0.2, 0) is 16.0 Å². The molecule has 0 spiro atoms. The molecule has 1 unspecified atom stereocenters. The Kier molecular flexibility index (Phi) is 6.75. The summed E-state index contributed by atoms with van der Waals surface area (Å²) in [5.41, 5.74) is 6.21. The Morgan fingerprint density at radius 2 is 1.81 bits per heavy atom. The summed E-state index contributed by atoms with van der Waals surface area (Å²) in [4.78, 5) is 22.7. The zero-order valence-electron chi connectivity index (χ0n) is 12.9. The molecule has 0 aliphatic carbocycles. The monoisotopic (exact) mass is 308 g/mol. The van der Waals surface area contributed by atoms with Crippen molar-refractivity contribution in [3.63, 3.8) is 0 Å². The molecule has 2 amide bonds. The Morgan fingerprint density at radius 3 is 2.33 bits per heavy atom. The maximum Gasteiger partial charge on any atom is 0.230 e. The van der Waals surface area contributed by atoms with Crippen molar-refractivity contribution < 1.29 is 9.59 Å². The lowest BCUT2D eigenvalue weighted by Gasteiger charge is -2.31. The van der Waals surface area contributed by atoms with Crippen LogP contribution in [0.3, 0.4) is 0 Å². The second-order valence-corrected chi connectivity index (χ2v) is 7.12. The molecule has 5 heteroatoms. The van der Waals surface area contributed by atoms with E-state index < -0.39 is 5.91 Å². The van der Waals surface area contributed by atoms with E-state index in [1.54, 1.807) is 0 Å². The molecule has 1 atom stereocenters. The molecule has 1 aromatic carbocycles. The Morgan fingerprint density at radius 1 is 1.19 bits per heavy atom. The third kappa shape index (κ3) is 7.18. The number of hydrogen-bond donors (Lipinski definition) is 2. The minimum Gasteiger partial charge on any atom is -0.369 e. The van der Waals surface area contributed by atoms with Crippen molar-refractivity contribution in [1.82, 2.24) is 5.32 Å². The highest BCUT2D eigenvalue weighted by Gasteiger charge is 2.26. The van der Waals surface area contributed by atoms with Crippen molar-refractivity contribution in [2.24, 2.45) is 11.1 Å². The number of benzene rings is 1. The van der Waals surface area contributed by atoms with Gasteiger partial charge < -0.3 is 11.1 Å². The van der Waals surface area contributed by atoms with Gasteiger partial charge in [0.15, 0.2) is 0 Å². The Hall–Kier alpha value is -1.49. The average Bonchev–Trinajstić information content (AvgIpc) is 2.37. The molecule has 1 aromatic rings. The molecule has 0 heterocycles. The number of nitrogens with two attached hydrogens (primary N) is 1. The van der Waals surface area contributed by atoms with Crippen molar-refractivity contribution in [3.8, 4) is 0 Å². The second kappa shape index (κ2) is 8.08. The number of carbonyl (C=O) groups is 2. The normalized spacial score (nSPS) is 12.7. The number of carbonyl (C=O) groups excluding carboxylic acids is 2. The van der Waals surface area contributed by atoms with Crippen molar-refractivity contribution in [2.45, 2.75) is 33.2 Å². The van der Waals surface area contributed by atoms with Gasteiger partial charge in [0.25, 0.3) is 0 Å². The van der Waals surface area contributed by atoms with Gasteiger partial charge in [-0.05, 0) is 17.4 Å². The minimum absolute atomic E-state index is 0.0418. The largest absolute Gasteiger partial charge is 0.369 e. The van der Waals surface area contributed by atoms with Gasteiger partial charge in [-0.25, -0.2) is 0 Å². The van der Waals surface area contributed by atoms with Crippen molar-refractivity contribution in [2.75, 3.05) is 11.5 Å². The molecule has 21 heavy (non-hydrogen) atoms. The van der Waals surface area contributed by atoms with E-state index in [4.69, 9.17) is 5.73 Å². The zero-order valence-corrected chi connectivity index (χ0v) is 13.7. The van der Waals surface area contributed by atoms with Crippen molar-refractivity contribution >= 4 is 23.6 Å². The van der Waals surface area contributed by atoms with Crippen LogP contribution < -0.4 is 11.1 Å². The molecule has 0 radical (unpaired) electrons. The summed E-state index contributed by atoms with van der Waals surface area (Å²) in [5.74, 6) is -0.0297. The number of hydrogen-bond acceptors (Lipinski definition) is 3. The maximum absolute atomic E-state index is 12.0. The molecule has 0 bridgehead atoms. The van der Waals surface area contributed by atoms with Crippen LogP contribution in [0.5, 0.6) is 0 Å². The highest BCUT2D eigenvalue weighted by atomic mass is 32.2. The first kappa shape index (κ1) is 17.6. The predicted molar refractivity (Wildman–Crippen MR) is 88.1 cm³/mol. The minimum atomic E-state index is -0.399. The van der Waals surface area contributed by atoms with Crippen molar-refractivity contribution in [3.05, 3.63) is 35.9 Å². The fraction of sp³-hybridized carbons (Fsp3) is 0.500. The van der Waals surface area contributed by atoms with Crippen LogP contribution >= 0.6 is 11.8 Å². The van der Waals surface area contributed by atoms with Gasteiger partial charge in [-0.15, -0.1) is 11.8 Å². The molecule has 0 fully saturated rings. The zero-order chi connectivity index (χ0) is 15.9. The lowest BCUT2D eigenvalue weighted by molar-refractivity contribution is -0.120. The summed E-state index contributed by atoms with van der Waals surface area (Å²) in [6, 6.07) is 10.1. The summed E-state index contributed by atoms with van der Waals surface area (Å²) in [7, 11) is 0. The first-order valence-electron chi connectivity index (χ1n) is 6.98. The van der Waals surface area contributed by atoms with E-state index in [1.165, 1.54) is 17.3 Å². The molecule has 116 valence electrons. The molecular formula is C16H24N2O2S. The Labute approximate surface area is 130 Å². The molecule has 1 rings (SSSR count). The van der Waals surface area contributed by atoms with Gasteiger partial charge in [0.1, 0.15) is 0 Å². The van der Waals surface area contributed by atoms with Crippen LogP contribution in [0.15, 0.2) is 30.3 Å². The van der Waals surface area contributed by atoms with Gasteiger partial charge in [0.05, 0.1) is 11.5 Å². The quantitative estimate of drug-likeness (QED) is 0.809. The standard InChI is InChI=1S/C16H24N2O2S/c1-16(2,3)13(9-12-7-5-4-6-8-12)18-15(20)11-21-10-14(17)19/h4-8,13H,9-11H2,1-3H3,(H2,17,19)(H,18,20). The highest BCUT2D eigenvalue weighted by molar-refractivity contribution is 8.00. The Bertz CT molecular complexity index is 469. The van der Waals surface area contributed by atoms with Gasteiger partial charge in [-0.2, -0.15) is 0 Å². The smallest absolute Gasteiger partial charge is 0.230 e. The summed E-state index contributed by atoms with van der Waals surface area (Å²) in [5, 5.41) is 3.07. The highest BCUT2D eigenvalue weighted by Crippen LogP contribution is 2.22. The molecule has 0 aromatic heterocycles. The molecule has 4 nitrogen and oxygen atoms in total. The van der Waals surface area contributed by atoms with Crippen LogP contribution in [0, 0.1) is 5.41 Å². The fourth-order valence-corrected chi connectivity index (χ4v) is 2.48. The molecule has 3 N–H and O–H groups in total. The second-order valence-electron chi connectivity index (χ2n) is 6.13. The van der Waals surface area contributed by atoms with E-state index >= 15 is 0 Å². The summed E-state index contributed by atoms with van der Waals surface area (Å²) in [6.07, 6.45) is 0.788. The molecular weight excluding hydrogens is 284 g/mol. The molecule has 0 aliphatic heterocycles. The fourth-order valence-electron chi connectivity index (χ4n) is 1.90. The third-order valence-corrected chi connectivity index (χ3v) is 4.10. The number of rotatable bonds is 7. The van der Waals surface area contributed by atoms with Gasteiger partial charge in [0, 0.05) is 6.04 Å². The summed E-state index contributed by atoms with van der Waals surface area (Å²) < 4.78 is 0. The number of nitrogens with one attached hydrogen (secondary N) is 1. The maximum atomic E-state index is 12.0. The van der Waals surface area contributed by atoms with E-state index in [9.17, 15) is 9.59 Å². The van der Waals surface area contributed by atoms with E-state index in [1.807, 2.05) is 18.2 Å². The molecule has 0 saturated carbocycles. The number of primary amides is 1. The number of amides is 2. The van der Waals surface area contributed by atoms with Crippen molar-refractivity contribution in [1.29, 1.82) is 0 Å². The van der Waals surface area contributed by atoms with E-state index in [0.29, 0.717) is 0 Å². The van der Waals surface area contributed by atoms with Crippen LogP contribution in [0.2, 0.25) is 0 Å². The predicted octanol–water partition coefficient (Wildman–Crippen LogP) is 1.98. The molecule has 0 aliphatic rings. The topological polar surface area (TPSA) is 72.2 Å². The van der Waals surface area contributed by atoms with E-state index in [2.05, 4.69) is 38.2 Å². The molecule has 0 saturated heterocycles. The van der Waals surface area contributed by atoms with Crippen LogP contribution in [-0.4, -0.2) is 29.4 Å².